The zero-order valence-electron chi connectivity index (χ0n) is 15.0. The standard InChI is InChI=1S/C20H25FN2O2S/c1-2-16-5-9-20(10-6-16)26(24,25)22-19-11-13-23(14-12-19)15-17-3-7-18(21)8-4-17/h3-10,19,22H,2,11-15H2,1H3. The molecule has 0 aliphatic carbocycles. The van der Waals surface area contributed by atoms with Crippen molar-refractivity contribution in [2.75, 3.05) is 13.1 Å². The number of benzene rings is 2. The highest BCUT2D eigenvalue weighted by molar-refractivity contribution is 7.89. The molecule has 0 amide bonds. The van der Waals surface area contributed by atoms with Gasteiger partial charge in [-0.05, 0) is 54.7 Å². The van der Waals surface area contributed by atoms with Crippen LogP contribution in [0.3, 0.4) is 0 Å². The molecule has 0 radical (unpaired) electrons. The SMILES string of the molecule is CCc1ccc(S(=O)(=O)NC2CCN(Cc3ccc(F)cc3)CC2)cc1. The molecule has 2 aromatic rings. The van der Waals surface area contributed by atoms with Gasteiger partial charge in [0.05, 0.1) is 4.90 Å². The average molecular weight is 376 g/mol. The fourth-order valence-corrected chi connectivity index (χ4v) is 4.55. The summed E-state index contributed by atoms with van der Waals surface area (Å²) in [7, 11) is -3.48. The number of aryl methyl sites for hydroxylation is 1. The first kappa shape index (κ1) is 19.0. The van der Waals surface area contributed by atoms with Crippen LogP contribution >= 0.6 is 0 Å². The Morgan fingerprint density at radius 2 is 1.58 bits per heavy atom. The third kappa shape index (κ3) is 4.90. The molecule has 140 valence electrons. The Hall–Kier alpha value is -1.76. The Balaban J connectivity index is 1.53. The lowest BCUT2D eigenvalue weighted by Crippen LogP contribution is -2.44. The summed E-state index contributed by atoms with van der Waals surface area (Å²) in [6, 6.07) is 13.6. The number of likely N-dealkylation sites (tertiary alicyclic amines) is 1. The number of sulfonamides is 1. The van der Waals surface area contributed by atoms with E-state index >= 15 is 0 Å². The molecular weight excluding hydrogens is 351 g/mol. The summed E-state index contributed by atoms with van der Waals surface area (Å²) in [6.07, 6.45) is 2.43. The Bertz CT molecular complexity index is 812. The normalized spacial score (nSPS) is 16.7. The van der Waals surface area contributed by atoms with Crippen LogP contribution in [0.4, 0.5) is 4.39 Å². The first-order valence-electron chi connectivity index (χ1n) is 9.04. The first-order chi connectivity index (χ1) is 12.5. The molecule has 26 heavy (non-hydrogen) atoms. The molecule has 0 spiro atoms. The molecule has 1 aliphatic rings. The molecule has 0 aromatic heterocycles. The summed E-state index contributed by atoms with van der Waals surface area (Å²) < 4.78 is 40.9. The third-order valence-corrected chi connectivity index (χ3v) is 6.41. The average Bonchev–Trinajstić information content (AvgIpc) is 2.65. The minimum absolute atomic E-state index is 0.0460. The second-order valence-corrected chi connectivity index (χ2v) is 8.51. The Kier molecular flexibility index (Phi) is 6.06. The van der Waals surface area contributed by atoms with Gasteiger partial charge in [-0.3, -0.25) is 4.90 Å². The van der Waals surface area contributed by atoms with E-state index < -0.39 is 10.0 Å². The molecule has 4 nitrogen and oxygen atoms in total. The Labute approximate surface area is 155 Å². The van der Waals surface area contributed by atoms with E-state index in [2.05, 4.69) is 9.62 Å². The quantitative estimate of drug-likeness (QED) is 0.841. The molecular formula is C20H25FN2O2S. The maximum atomic E-state index is 13.0. The van der Waals surface area contributed by atoms with Crippen molar-refractivity contribution in [1.82, 2.24) is 9.62 Å². The predicted molar refractivity (Wildman–Crippen MR) is 101 cm³/mol. The van der Waals surface area contributed by atoms with Gasteiger partial charge in [0.15, 0.2) is 0 Å². The topological polar surface area (TPSA) is 49.4 Å². The van der Waals surface area contributed by atoms with Gasteiger partial charge in [0.2, 0.25) is 10.0 Å². The van der Waals surface area contributed by atoms with E-state index in [0.29, 0.717) is 4.90 Å². The molecule has 6 heteroatoms. The fraction of sp³-hybridized carbons (Fsp3) is 0.400. The zero-order valence-corrected chi connectivity index (χ0v) is 15.8. The molecule has 0 unspecified atom stereocenters. The number of nitrogens with one attached hydrogen (secondary N) is 1. The smallest absolute Gasteiger partial charge is 0.240 e. The molecule has 0 bridgehead atoms. The van der Waals surface area contributed by atoms with Gasteiger partial charge in [-0.15, -0.1) is 0 Å². The molecule has 0 saturated carbocycles. The van der Waals surface area contributed by atoms with Crippen LogP contribution < -0.4 is 4.72 Å². The van der Waals surface area contributed by atoms with Gasteiger partial charge in [-0.2, -0.15) is 0 Å². The largest absolute Gasteiger partial charge is 0.299 e. The van der Waals surface area contributed by atoms with Crippen LogP contribution in [0.2, 0.25) is 0 Å². The van der Waals surface area contributed by atoms with Crippen LogP contribution in [0.15, 0.2) is 53.4 Å². The summed E-state index contributed by atoms with van der Waals surface area (Å²) in [4.78, 5) is 2.59. The van der Waals surface area contributed by atoms with Crippen molar-refractivity contribution in [3.63, 3.8) is 0 Å². The van der Waals surface area contributed by atoms with Gasteiger partial charge in [0, 0.05) is 25.7 Å². The van der Waals surface area contributed by atoms with Crippen molar-refractivity contribution < 1.29 is 12.8 Å². The van der Waals surface area contributed by atoms with Gasteiger partial charge in [-0.25, -0.2) is 17.5 Å². The van der Waals surface area contributed by atoms with E-state index in [1.54, 1.807) is 24.3 Å². The van der Waals surface area contributed by atoms with Crippen molar-refractivity contribution >= 4 is 10.0 Å². The van der Waals surface area contributed by atoms with Crippen molar-refractivity contribution in [3.05, 3.63) is 65.5 Å². The number of rotatable bonds is 6. The van der Waals surface area contributed by atoms with Crippen LogP contribution in [0.1, 0.15) is 30.9 Å². The fourth-order valence-electron chi connectivity index (χ4n) is 3.25. The van der Waals surface area contributed by atoms with Gasteiger partial charge in [0.1, 0.15) is 5.82 Å². The lowest BCUT2D eigenvalue weighted by molar-refractivity contribution is 0.200. The van der Waals surface area contributed by atoms with Crippen LogP contribution in [-0.4, -0.2) is 32.4 Å². The molecule has 0 atom stereocenters. The summed E-state index contributed by atoms with van der Waals surface area (Å²) >= 11 is 0. The zero-order chi connectivity index (χ0) is 18.6. The first-order valence-corrected chi connectivity index (χ1v) is 10.5. The van der Waals surface area contributed by atoms with Crippen molar-refractivity contribution in [3.8, 4) is 0 Å². The van der Waals surface area contributed by atoms with E-state index in [1.165, 1.54) is 12.1 Å². The molecule has 1 aliphatic heterocycles. The van der Waals surface area contributed by atoms with E-state index in [4.69, 9.17) is 0 Å². The monoisotopic (exact) mass is 376 g/mol. The van der Waals surface area contributed by atoms with Gasteiger partial charge in [0.25, 0.3) is 0 Å². The summed E-state index contributed by atoms with van der Waals surface area (Å²) in [5, 5.41) is 0. The molecule has 1 saturated heterocycles. The van der Waals surface area contributed by atoms with Crippen LogP contribution in [0, 0.1) is 5.82 Å². The highest BCUT2D eigenvalue weighted by Gasteiger charge is 2.24. The van der Waals surface area contributed by atoms with Gasteiger partial charge in [-0.1, -0.05) is 31.2 Å². The number of halogens is 1. The van der Waals surface area contributed by atoms with Gasteiger partial charge < -0.3 is 0 Å². The van der Waals surface area contributed by atoms with Gasteiger partial charge >= 0.3 is 0 Å². The summed E-state index contributed by atoms with van der Waals surface area (Å²) in [5.41, 5.74) is 2.19. The van der Waals surface area contributed by atoms with E-state index in [9.17, 15) is 12.8 Å². The number of nitrogens with zero attached hydrogens (tertiary/aromatic N) is 1. The van der Waals surface area contributed by atoms with E-state index in [-0.39, 0.29) is 11.9 Å². The minimum atomic E-state index is -3.48. The maximum absolute atomic E-state index is 13.0. The van der Waals surface area contributed by atoms with E-state index in [1.807, 2.05) is 19.1 Å². The maximum Gasteiger partial charge on any atom is 0.240 e. The number of hydrogen-bond donors (Lipinski definition) is 1. The Morgan fingerprint density at radius 3 is 2.15 bits per heavy atom. The number of piperidine rings is 1. The summed E-state index contributed by atoms with van der Waals surface area (Å²) in [5.74, 6) is -0.228. The molecule has 2 aromatic carbocycles. The summed E-state index contributed by atoms with van der Waals surface area (Å²) in [6.45, 7) is 4.44. The van der Waals surface area contributed by atoms with Crippen molar-refractivity contribution in [2.24, 2.45) is 0 Å². The second kappa shape index (κ2) is 8.29. The molecule has 1 heterocycles. The lowest BCUT2D eigenvalue weighted by atomic mass is 10.1. The molecule has 1 fully saturated rings. The van der Waals surface area contributed by atoms with Crippen molar-refractivity contribution in [1.29, 1.82) is 0 Å². The Morgan fingerprint density at radius 1 is 1.00 bits per heavy atom. The van der Waals surface area contributed by atoms with Crippen molar-refractivity contribution in [2.45, 2.75) is 43.7 Å². The van der Waals surface area contributed by atoms with Crippen LogP contribution in [-0.2, 0) is 23.0 Å². The van der Waals surface area contributed by atoms with E-state index in [0.717, 1.165) is 50.0 Å². The second-order valence-electron chi connectivity index (χ2n) is 6.80. The lowest BCUT2D eigenvalue weighted by Gasteiger charge is -2.32. The highest BCUT2D eigenvalue weighted by atomic mass is 32.2. The third-order valence-electron chi connectivity index (χ3n) is 4.87. The number of hydrogen-bond acceptors (Lipinski definition) is 3. The minimum Gasteiger partial charge on any atom is -0.299 e. The van der Waals surface area contributed by atoms with Crippen LogP contribution in [0.5, 0.6) is 0 Å². The molecule has 3 rings (SSSR count). The van der Waals surface area contributed by atoms with Crippen LogP contribution in [0.25, 0.3) is 0 Å². The predicted octanol–water partition coefficient (Wildman–Crippen LogP) is 3.33. The molecule has 1 N–H and O–H groups in total. The highest BCUT2D eigenvalue weighted by Crippen LogP contribution is 2.17.